The van der Waals surface area contributed by atoms with Gasteiger partial charge in [-0.25, -0.2) is 0 Å². The van der Waals surface area contributed by atoms with Gasteiger partial charge in [0.2, 0.25) is 5.91 Å². The van der Waals surface area contributed by atoms with Crippen LogP contribution in [0.5, 0.6) is 5.75 Å². The van der Waals surface area contributed by atoms with Crippen molar-refractivity contribution in [3.8, 4) is 5.75 Å². The highest BCUT2D eigenvalue weighted by molar-refractivity contribution is 5.82. The molecule has 1 aromatic rings. The zero-order chi connectivity index (χ0) is 13.7. The number of rotatable bonds is 4. The lowest BCUT2D eigenvalue weighted by Gasteiger charge is -2.24. The van der Waals surface area contributed by atoms with Crippen molar-refractivity contribution in [2.75, 3.05) is 13.7 Å². The van der Waals surface area contributed by atoms with Crippen LogP contribution in [0.25, 0.3) is 0 Å². The van der Waals surface area contributed by atoms with Gasteiger partial charge in [-0.05, 0) is 44.0 Å². The third-order valence-electron chi connectivity index (χ3n) is 3.60. The van der Waals surface area contributed by atoms with Crippen molar-refractivity contribution in [1.29, 1.82) is 0 Å². The Bertz CT molecular complexity index is 411. The number of amides is 1. The Morgan fingerprint density at radius 3 is 2.68 bits per heavy atom. The molecule has 104 valence electrons. The monoisotopic (exact) mass is 262 g/mol. The highest BCUT2D eigenvalue weighted by Crippen LogP contribution is 2.17. The van der Waals surface area contributed by atoms with E-state index in [4.69, 9.17) is 4.74 Å². The van der Waals surface area contributed by atoms with Gasteiger partial charge in [-0.1, -0.05) is 18.6 Å². The van der Waals surface area contributed by atoms with E-state index in [0.717, 1.165) is 37.1 Å². The Balaban J connectivity index is 1.91. The van der Waals surface area contributed by atoms with Crippen LogP contribution in [0.15, 0.2) is 24.3 Å². The Labute approximate surface area is 114 Å². The molecule has 1 heterocycles. The van der Waals surface area contributed by atoms with Crippen molar-refractivity contribution < 1.29 is 9.53 Å². The van der Waals surface area contributed by atoms with Gasteiger partial charge in [0, 0.05) is 0 Å². The van der Waals surface area contributed by atoms with Crippen LogP contribution in [0.2, 0.25) is 0 Å². The van der Waals surface area contributed by atoms with E-state index in [0.29, 0.717) is 0 Å². The number of hydrogen-bond acceptors (Lipinski definition) is 3. The third-order valence-corrected chi connectivity index (χ3v) is 3.60. The van der Waals surface area contributed by atoms with Gasteiger partial charge in [0.05, 0.1) is 19.2 Å². The number of carbonyl (C=O) groups excluding carboxylic acids is 1. The highest BCUT2D eigenvalue weighted by atomic mass is 16.5. The zero-order valence-electron chi connectivity index (χ0n) is 11.6. The second-order valence-electron chi connectivity index (χ2n) is 5.01. The van der Waals surface area contributed by atoms with Gasteiger partial charge in [0.25, 0.3) is 0 Å². The van der Waals surface area contributed by atoms with E-state index in [9.17, 15) is 4.79 Å². The molecule has 0 bridgehead atoms. The lowest BCUT2D eigenvalue weighted by atomic mass is 10.0. The standard InChI is InChI=1S/C15H22N2O2/c1-11(12-6-8-13(19-2)9-7-12)17-15(18)14-5-3-4-10-16-14/h6-9,11,14,16H,3-5,10H2,1-2H3,(H,17,18)/t11-,14-/m1/s1. The molecule has 1 fully saturated rings. The molecule has 1 aliphatic heterocycles. The van der Waals surface area contributed by atoms with Gasteiger partial charge in [-0.2, -0.15) is 0 Å². The summed E-state index contributed by atoms with van der Waals surface area (Å²) in [7, 11) is 1.65. The van der Waals surface area contributed by atoms with Crippen molar-refractivity contribution in [2.24, 2.45) is 0 Å². The van der Waals surface area contributed by atoms with Crippen molar-refractivity contribution in [3.05, 3.63) is 29.8 Å². The number of carbonyl (C=O) groups is 1. The maximum atomic E-state index is 12.1. The first-order chi connectivity index (χ1) is 9.20. The maximum absolute atomic E-state index is 12.1. The van der Waals surface area contributed by atoms with E-state index in [1.54, 1.807) is 7.11 Å². The fraction of sp³-hybridized carbons (Fsp3) is 0.533. The van der Waals surface area contributed by atoms with Crippen LogP contribution in [0.3, 0.4) is 0 Å². The second kappa shape index (κ2) is 6.57. The summed E-state index contributed by atoms with van der Waals surface area (Å²) in [5.74, 6) is 0.930. The predicted molar refractivity (Wildman–Crippen MR) is 75.2 cm³/mol. The molecule has 0 aliphatic carbocycles. The van der Waals surface area contributed by atoms with Crippen molar-refractivity contribution in [1.82, 2.24) is 10.6 Å². The number of piperidine rings is 1. The minimum absolute atomic E-state index is 0.0159. The number of methoxy groups -OCH3 is 1. The van der Waals surface area contributed by atoms with Gasteiger partial charge >= 0.3 is 0 Å². The summed E-state index contributed by atoms with van der Waals surface area (Å²) in [6.07, 6.45) is 3.22. The summed E-state index contributed by atoms with van der Waals surface area (Å²) >= 11 is 0. The highest BCUT2D eigenvalue weighted by Gasteiger charge is 2.21. The molecule has 0 aromatic heterocycles. The third kappa shape index (κ3) is 3.70. The lowest BCUT2D eigenvalue weighted by Crippen LogP contribution is -2.47. The minimum Gasteiger partial charge on any atom is -0.497 e. The Hall–Kier alpha value is -1.55. The largest absolute Gasteiger partial charge is 0.497 e. The minimum atomic E-state index is -0.0329. The van der Waals surface area contributed by atoms with Crippen LogP contribution >= 0.6 is 0 Å². The first-order valence-corrected chi connectivity index (χ1v) is 6.88. The van der Waals surface area contributed by atoms with Gasteiger partial charge in [0.15, 0.2) is 0 Å². The number of hydrogen-bond donors (Lipinski definition) is 2. The lowest BCUT2D eigenvalue weighted by molar-refractivity contribution is -0.124. The molecule has 19 heavy (non-hydrogen) atoms. The van der Waals surface area contributed by atoms with Crippen LogP contribution in [0.1, 0.15) is 37.8 Å². The zero-order valence-corrected chi connectivity index (χ0v) is 11.6. The fourth-order valence-corrected chi connectivity index (χ4v) is 2.37. The summed E-state index contributed by atoms with van der Waals surface area (Å²) in [5.41, 5.74) is 1.09. The van der Waals surface area contributed by atoms with Crippen LogP contribution in [0.4, 0.5) is 0 Å². The molecule has 0 saturated carbocycles. The smallest absolute Gasteiger partial charge is 0.237 e. The van der Waals surface area contributed by atoms with E-state index < -0.39 is 0 Å². The molecular formula is C15H22N2O2. The van der Waals surface area contributed by atoms with E-state index in [-0.39, 0.29) is 18.0 Å². The number of benzene rings is 1. The molecule has 2 N–H and O–H groups in total. The first kappa shape index (κ1) is 13.9. The number of nitrogens with one attached hydrogen (secondary N) is 2. The van der Waals surface area contributed by atoms with Crippen LogP contribution in [0, 0.1) is 0 Å². The van der Waals surface area contributed by atoms with Crippen molar-refractivity contribution in [3.63, 3.8) is 0 Å². The molecular weight excluding hydrogens is 240 g/mol. The van der Waals surface area contributed by atoms with Crippen molar-refractivity contribution >= 4 is 5.91 Å². The fourth-order valence-electron chi connectivity index (χ4n) is 2.37. The predicted octanol–water partition coefficient (Wildman–Crippen LogP) is 2.01. The number of ether oxygens (including phenoxy) is 1. The average molecular weight is 262 g/mol. The van der Waals surface area contributed by atoms with E-state index in [2.05, 4.69) is 10.6 Å². The van der Waals surface area contributed by atoms with Crippen molar-refractivity contribution in [2.45, 2.75) is 38.3 Å². The maximum Gasteiger partial charge on any atom is 0.237 e. The average Bonchev–Trinajstić information content (AvgIpc) is 2.48. The van der Waals surface area contributed by atoms with Gasteiger partial charge in [-0.15, -0.1) is 0 Å². The van der Waals surface area contributed by atoms with Crippen LogP contribution < -0.4 is 15.4 Å². The molecule has 1 aromatic carbocycles. The normalized spacial score (nSPS) is 20.6. The van der Waals surface area contributed by atoms with Gasteiger partial charge in [0.1, 0.15) is 5.75 Å². The Kier molecular flexibility index (Phi) is 4.80. The SMILES string of the molecule is COc1ccc([C@@H](C)NC(=O)[C@H]2CCCCN2)cc1. The first-order valence-electron chi connectivity index (χ1n) is 6.88. The summed E-state index contributed by atoms with van der Waals surface area (Å²) in [4.78, 5) is 12.1. The molecule has 1 aliphatic rings. The molecule has 0 radical (unpaired) electrons. The Morgan fingerprint density at radius 1 is 1.37 bits per heavy atom. The second-order valence-corrected chi connectivity index (χ2v) is 5.01. The molecule has 2 atom stereocenters. The summed E-state index contributed by atoms with van der Waals surface area (Å²) in [6, 6.07) is 7.78. The molecule has 1 saturated heterocycles. The summed E-state index contributed by atoms with van der Waals surface area (Å²) in [5, 5.41) is 6.32. The Morgan fingerprint density at radius 2 is 2.11 bits per heavy atom. The molecule has 4 heteroatoms. The molecule has 0 unspecified atom stereocenters. The summed E-state index contributed by atoms with van der Waals surface area (Å²) < 4.78 is 5.13. The van der Waals surface area contributed by atoms with Crippen LogP contribution in [-0.2, 0) is 4.79 Å². The van der Waals surface area contributed by atoms with E-state index in [1.165, 1.54) is 0 Å². The quantitative estimate of drug-likeness (QED) is 0.872. The molecule has 4 nitrogen and oxygen atoms in total. The molecule has 0 spiro atoms. The summed E-state index contributed by atoms with van der Waals surface area (Å²) in [6.45, 7) is 2.94. The van der Waals surface area contributed by atoms with Gasteiger partial charge < -0.3 is 15.4 Å². The van der Waals surface area contributed by atoms with Crippen LogP contribution in [-0.4, -0.2) is 25.6 Å². The van der Waals surface area contributed by atoms with E-state index in [1.807, 2.05) is 31.2 Å². The van der Waals surface area contributed by atoms with Gasteiger partial charge in [-0.3, -0.25) is 4.79 Å². The molecule has 1 amide bonds. The molecule has 2 rings (SSSR count). The topological polar surface area (TPSA) is 50.4 Å². The van der Waals surface area contributed by atoms with E-state index >= 15 is 0 Å².